The minimum Gasteiger partial charge on any atom is -0.384 e. The molecule has 1 aliphatic carbocycles. The van der Waals surface area contributed by atoms with Gasteiger partial charge in [0.05, 0.1) is 22.8 Å². The van der Waals surface area contributed by atoms with E-state index >= 15 is 0 Å². The molecule has 3 fully saturated rings. The van der Waals surface area contributed by atoms with Gasteiger partial charge in [0.1, 0.15) is 29.0 Å². The summed E-state index contributed by atoms with van der Waals surface area (Å²) in [6.45, 7) is 3.10. The number of ether oxygens (including phenoxy) is 1. The number of sulfone groups is 1. The molecule has 54 heavy (non-hydrogen) atoms. The van der Waals surface area contributed by atoms with Gasteiger partial charge in [-0.05, 0) is 50.5 Å². The van der Waals surface area contributed by atoms with E-state index in [1.54, 1.807) is 0 Å². The normalized spacial score (nSPS) is 21.4. The second-order valence-corrected chi connectivity index (χ2v) is 16.9. The highest BCUT2D eigenvalue weighted by atomic mass is 32.2. The molecule has 5 N–H and O–H groups in total. The molecule has 2 aliphatic heterocycles. The topological polar surface area (TPSA) is 233 Å². The number of Topliss-reactive ketones (excluding diaryl/α,β-unsaturated/α-hetero) is 1. The number of nitrogens with zero attached hydrogens (tertiary/aromatic N) is 4. The molecule has 5 rings (SSSR count). The summed E-state index contributed by atoms with van der Waals surface area (Å²) in [5, 5.41) is 24.4. The number of amides is 4. The third kappa shape index (κ3) is 9.29. The van der Waals surface area contributed by atoms with Crippen LogP contribution < -0.4 is 16.4 Å². The predicted molar refractivity (Wildman–Crippen MR) is 186 cm³/mol. The molecule has 1 saturated carbocycles. The standard InChI is InChI=1S/C35H47F2N7O9S/c1-34(2,50)27-18-39-42-44(27)23-17-26(32(48)41-35(29(45)30(38)46)12-14-53-15-13-35)43(19-23)33(49)25(16-21-6-4-3-5-7-21)40-31(47)22-8-10-24(11-9-22)54(51,52)20-28(36)37/h8-11,18,21,23,25-26,28,50H,3-7,12-17,19-20H2,1-2H3,(H2,38,46)(H,40,47)(H,41,48)/t23-,25?,26-/m0/s1. The lowest BCUT2D eigenvalue weighted by atomic mass is 9.84. The fourth-order valence-electron chi connectivity index (χ4n) is 7.61. The number of carbonyl (C=O) groups excluding carboxylic acids is 5. The summed E-state index contributed by atoms with van der Waals surface area (Å²) in [5.74, 6) is -5.64. The van der Waals surface area contributed by atoms with Crippen LogP contribution in [0.25, 0.3) is 0 Å². The smallest absolute Gasteiger partial charge is 0.287 e. The molecule has 2 aromatic rings. The number of nitrogens with one attached hydrogen (secondary N) is 2. The van der Waals surface area contributed by atoms with Gasteiger partial charge >= 0.3 is 0 Å². The fourth-order valence-corrected chi connectivity index (χ4v) is 8.69. The van der Waals surface area contributed by atoms with E-state index in [1.165, 1.54) is 41.8 Å². The van der Waals surface area contributed by atoms with Gasteiger partial charge in [-0.1, -0.05) is 37.3 Å². The van der Waals surface area contributed by atoms with Gasteiger partial charge < -0.3 is 31.1 Å². The molecule has 0 spiro atoms. The third-order valence-corrected chi connectivity index (χ3v) is 12.2. The first-order chi connectivity index (χ1) is 25.4. The molecule has 16 nitrogen and oxygen atoms in total. The van der Waals surface area contributed by atoms with Crippen molar-refractivity contribution in [1.82, 2.24) is 30.5 Å². The van der Waals surface area contributed by atoms with Crippen molar-refractivity contribution in [3.8, 4) is 0 Å². The van der Waals surface area contributed by atoms with Crippen LogP contribution in [0, 0.1) is 5.92 Å². The Morgan fingerprint density at radius 1 is 1.07 bits per heavy atom. The van der Waals surface area contributed by atoms with E-state index in [-0.39, 0.29) is 61.8 Å². The number of rotatable bonds is 14. The van der Waals surface area contributed by atoms with E-state index in [4.69, 9.17) is 10.5 Å². The average molecular weight is 780 g/mol. The van der Waals surface area contributed by atoms with Gasteiger partial charge in [-0.3, -0.25) is 24.0 Å². The van der Waals surface area contributed by atoms with Crippen LogP contribution in [-0.2, 0) is 39.4 Å². The molecule has 19 heteroatoms. The highest BCUT2D eigenvalue weighted by Gasteiger charge is 2.49. The molecule has 296 valence electrons. The van der Waals surface area contributed by atoms with Gasteiger partial charge in [0.15, 0.2) is 9.84 Å². The van der Waals surface area contributed by atoms with E-state index in [9.17, 15) is 46.3 Å². The van der Waals surface area contributed by atoms with Crippen LogP contribution in [0.1, 0.15) is 93.7 Å². The molecule has 1 aromatic carbocycles. The Labute approximate surface area is 311 Å². The molecule has 2 saturated heterocycles. The Balaban J connectivity index is 1.47. The maximum Gasteiger partial charge on any atom is 0.287 e. The predicted octanol–water partition coefficient (Wildman–Crippen LogP) is 1.18. The Hall–Kier alpha value is -4.36. The number of aromatic nitrogens is 3. The highest BCUT2D eigenvalue weighted by molar-refractivity contribution is 7.91. The minimum atomic E-state index is -4.31. The van der Waals surface area contributed by atoms with Crippen molar-refractivity contribution in [1.29, 1.82) is 0 Å². The van der Waals surface area contributed by atoms with Crippen molar-refractivity contribution < 1.29 is 51.0 Å². The quantitative estimate of drug-likeness (QED) is 0.199. The first kappa shape index (κ1) is 40.8. The number of benzene rings is 1. The lowest BCUT2D eigenvalue weighted by Crippen LogP contribution is -2.64. The van der Waals surface area contributed by atoms with Crippen LogP contribution in [0.4, 0.5) is 8.78 Å². The van der Waals surface area contributed by atoms with Gasteiger partial charge in [0.25, 0.3) is 18.2 Å². The molecular weight excluding hydrogens is 732 g/mol. The van der Waals surface area contributed by atoms with Gasteiger partial charge in [0, 0.05) is 44.6 Å². The summed E-state index contributed by atoms with van der Waals surface area (Å²) in [6, 6.07) is 1.37. The summed E-state index contributed by atoms with van der Waals surface area (Å²) in [5.41, 5.74) is 2.62. The van der Waals surface area contributed by atoms with Crippen molar-refractivity contribution in [3.05, 3.63) is 41.7 Å². The van der Waals surface area contributed by atoms with E-state index in [2.05, 4.69) is 20.9 Å². The number of likely N-dealkylation sites (tertiary alicyclic amines) is 1. The number of nitrogens with two attached hydrogens (primary N) is 1. The number of hydrogen-bond donors (Lipinski definition) is 4. The van der Waals surface area contributed by atoms with Gasteiger partial charge in [0.2, 0.25) is 17.6 Å². The summed E-state index contributed by atoms with van der Waals surface area (Å²) in [7, 11) is -4.31. The van der Waals surface area contributed by atoms with Crippen molar-refractivity contribution in [2.24, 2.45) is 11.7 Å². The average Bonchev–Trinajstić information content (AvgIpc) is 3.80. The van der Waals surface area contributed by atoms with E-state index < -0.39 is 80.7 Å². The van der Waals surface area contributed by atoms with Crippen molar-refractivity contribution in [3.63, 3.8) is 0 Å². The number of halogens is 2. The van der Waals surface area contributed by atoms with Gasteiger partial charge in [-0.25, -0.2) is 21.9 Å². The lowest BCUT2D eigenvalue weighted by Gasteiger charge is -2.37. The van der Waals surface area contributed by atoms with E-state index in [0.717, 1.165) is 44.2 Å². The van der Waals surface area contributed by atoms with Crippen LogP contribution in [0.5, 0.6) is 0 Å². The number of hydrogen-bond acceptors (Lipinski definition) is 11. The van der Waals surface area contributed by atoms with E-state index in [0.29, 0.717) is 5.69 Å². The Kier molecular flexibility index (Phi) is 12.5. The molecule has 3 heterocycles. The number of alkyl halides is 2. The Morgan fingerprint density at radius 2 is 1.72 bits per heavy atom. The largest absolute Gasteiger partial charge is 0.384 e. The van der Waals surface area contributed by atoms with Crippen LogP contribution >= 0.6 is 0 Å². The second-order valence-electron chi connectivity index (χ2n) is 14.9. The maximum atomic E-state index is 14.7. The van der Waals surface area contributed by atoms with Crippen LogP contribution in [0.3, 0.4) is 0 Å². The van der Waals surface area contributed by atoms with Crippen LogP contribution in [0.2, 0.25) is 0 Å². The van der Waals surface area contributed by atoms with Crippen LogP contribution in [-0.4, -0.2) is 112 Å². The SMILES string of the molecule is CC(C)(O)c1cnnn1[C@H]1C[C@@H](C(=O)NC2(C(=O)C(N)=O)CCOCC2)N(C(=O)C(CC2CCCCC2)NC(=O)c2ccc(S(=O)(=O)CC(F)F)cc2)C1. The molecule has 3 aliphatic rings. The minimum absolute atomic E-state index is 0.0232. The lowest BCUT2D eigenvalue weighted by molar-refractivity contribution is -0.147. The highest BCUT2D eigenvalue weighted by Crippen LogP contribution is 2.34. The van der Waals surface area contributed by atoms with E-state index in [1.807, 2.05) is 0 Å². The Morgan fingerprint density at radius 3 is 2.31 bits per heavy atom. The van der Waals surface area contributed by atoms with Crippen LogP contribution in [0.15, 0.2) is 35.4 Å². The second kappa shape index (κ2) is 16.6. The van der Waals surface area contributed by atoms with Crippen molar-refractivity contribution in [2.75, 3.05) is 25.5 Å². The first-order valence-electron chi connectivity index (χ1n) is 18.0. The molecule has 0 bridgehead atoms. The van der Waals surface area contributed by atoms with Gasteiger partial charge in [-0.2, -0.15) is 0 Å². The zero-order valence-corrected chi connectivity index (χ0v) is 31.0. The maximum absolute atomic E-state index is 14.7. The molecule has 3 atom stereocenters. The van der Waals surface area contributed by atoms with Crippen molar-refractivity contribution >= 4 is 39.2 Å². The summed E-state index contributed by atoms with van der Waals surface area (Å²) in [4.78, 5) is 68.8. The zero-order valence-electron chi connectivity index (χ0n) is 30.2. The summed E-state index contributed by atoms with van der Waals surface area (Å²) >= 11 is 0. The van der Waals surface area contributed by atoms with Crippen molar-refractivity contribution in [2.45, 2.75) is 112 Å². The number of carbonyl (C=O) groups is 5. The number of aliphatic hydroxyl groups is 1. The monoisotopic (exact) mass is 779 g/mol. The third-order valence-electron chi connectivity index (χ3n) is 10.5. The summed E-state index contributed by atoms with van der Waals surface area (Å²) < 4.78 is 57.2. The fraction of sp³-hybridized carbons (Fsp3) is 0.629. The van der Waals surface area contributed by atoms with Gasteiger partial charge in [-0.15, -0.1) is 5.10 Å². The summed E-state index contributed by atoms with van der Waals surface area (Å²) in [6.07, 6.45) is 2.91. The Bertz CT molecular complexity index is 1820. The zero-order chi connectivity index (χ0) is 39.4. The number of primary amides is 1. The molecule has 4 amide bonds. The number of ketones is 1. The molecule has 1 aromatic heterocycles. The molecular formula is C35H47F2N7O9S. The first-order valence-corrected chi connectivity index (χ1v) is 19.7. The molecule has 0 radical (unpaired) electrons. The molecule has 1 unspecified atom stereocenters.